The number of fused-ring (bicyclic) bond motifs is 2. The minimum atomic E-state index is -4.71. The maximum atomic E-state index is 14.2. The topological polar surface area (TPSA) is 70.8 Å². The molecule has 0 bridgehead atoms. The third-order valence-corrected chi connectivity index (χ3v) is 7.70. The minimum Gasteiger partial charge on any atom is -0.492 e. The van der Waals surface area contributed by atoms with Gasteiger partial charge in [0.25, 0.3) is 0 Å². The monoisotopic (exact) mass is 603 g/mol. The number of aromatic nitrogens is 1. The quantitative estimate of drug-likeness (QED) is 0.164. The van der Waals surface area contributed by atoms with Crippen LogP contribution in [0.3, 0.4) is 0 Å². The van der Waals surface area contributed by atoms with Crippen LogP contribution in [0.25, 0.3) is 22.4 Å². The van der Waals surface area contributed by atoms with E-state index in [1.165, 1.54) is 37.4 Å². The molecule has 0 spiro atoms. The zero-order chi connectivity index (χ0) is 30.5. The molecule has 1 aromatic heterocycles. The van der Waals surface area contributed by atoms with E-state index in [2.05, 4.69) is 9.68 Å². The van der Waals surface area contributed by atoms with Crippen LogP contribution in [0, 0.1) is 0 Å². The lowest BCUT2D eigenvalue weighted by atomic mass is 9.90. The highest BCUT2D eigenvalue weighted by Gasteiger charge is 2.39. The molecule has 0 saturated carbocycles. The van der Waals surface area contributed by atoms with Crippen LogP contribution in [-0.4, -0.2) is 24.8 Å². The Morgan fingerprint density at radius 1 is 0.930 bits per heavy atom. The van der Waals surface area contributed by atoms with E-state index in [0.29, 0.717) is 42.1 Å². The number of esters is 1. The van der Waals surface area contributed by atoms with Gasteiger partial charge in [-0.3, -0.25) is 4.79 Å². The van der Waals surface area contributed by atoms with E-state index >= 15 is 0 Å². The zero-order valence-electron chi connectivity index (χ0n) is 22.5. The predicted molar refractivity (Wildman–Crippen MR) is 140 cm³/mol. The third kappa shape index (κ3) is 5.53. The van der Waals surface area contributed by atoms with E-state index in [4.69, 9.17) is 14.2 Å². The van der Waals surface area contributed by atoms with Crippen LogP contribution in [0.2, 0.25) is 0 Å². The Labute approximate surface area is 241 Å². The summed E-state index contributed by atoms with van der Waals surface area (Å²) in [6.45, 7) is 0.322. The number of ether oxygens (including phenoxy) is 3. The van der Waals surface area contributed by atoms with Crippen LogP contribution in [-0.2, 0) is 28.3 Å². The SMILES string of the molecule is COC(=O)C[C@@H]1COc2cc(OC3CCc4c3ccc(C(F)(F)F)c4-c3ccc(-c4cc(C(F)(F)F)on4)cc3)ccc21. The van der Waals surface area contributed by atoms with Gasteiger partial charge < -0.3 is 18.7 Å². The molecule has 0 amide bonds. The van der Waals surface area contributed by atoms with Gasteiger partial charge in [0.1, 0.15) is 23.3 Å². The lowest BCUT2D eigenvalue weighted by Crippen LogP contribution is -2.10. The summed E-state index contributed by atoms with van der Waals surface area (Å²) in [7, 11) is 1.32. The molecule has 224 valence electrons. The molecule has 1 unspecified atom stereocenters. The molecule has 2 heterocycles. The molecule has 0 radical (unpaired) electrons. The van der Waals surface area contributed by atoms with Gasteiger partial charge in [0.15, 0.2) is 0 Å². The van der Waals surface area contributed by atoms with Gasteiger partial charge >= 0.3 is 18.3 Å². The first-order chi connectivity index (χ1) is 20.4. The second-order valence-corrected chi connectivity index (χ2v) is 10.3. The molecule has 3 aromatic carbocycles. The normalized spacial score (nSPS) is 17.7. The van der Waals surface area contributed by atoms with Crippen molar-refractivity contribution in [2.24, 2.45) is 0 Å². The summed E-state index contributed by atoms with van der Waals surface area (Å²) in [5.74, 6) is -0.704. The van der Waals surface area contributed by atoms with Crippen molar-refractivity contribution in [3.05, 3.63) is 88.7 Å². The molecule has 0 saturated heterocycles. The number of methoxy groups -OCH3 is 1. The van der Waals surface area contributed by atoms with E-state index in [0.717, 1.165) is 17.7 Å². The maximum absolute atomic E-state index is 14.2. The molecule has 2 atom stereocenters. The van der Waals surface area contributed by atoms with E-state index < -0.39 is 29.8 Å². The van der Waals surface area contributed by atoms with Crippen LogP contribution in [0.1, 0.15) is 52.9 Å². The summed E-state index contributed by atoms with van der Waals surface area (Å²) in [5.41, 5.74) is 1.58. The lowest BCUT2D eigenvalue weighted by Gasteiger charge is -2.20. The highest BCUT2D eigenvalue weighted by atomic mass is 19.4. The van der Waals surface area contributed by atoms with Crippen molar-refractivity contribution in [1.82, 2.24) is 5.16 Å². The average molecular weight is 604 g/mol. The second-order valence-electron chi connectivity index (χ2n) is 10.3. The molecule has 2 aliphatic rings. The second kappa shape index (κ2) is 10.7. The fraction of sp³-hybridized carbons (Fsp3) is 0.290. The average Bonchev–Trinajstić information content (AvgIpc) is 3.71. The Bertz CT molecular complexity index is 1680. The van der Waals surface area contributed by atoms with Crippen molar-refractivity contribution in [2.45, 2.75) is 43.6 Å². The largest absolute Gasteiger partial charge is 0.492 e. The summed E-state index contributed by atoms with van der Waals surface area (Å²) >= 11 is 0. The van der Waals surface area contributed by atoms with Crippen LogP contribution in [0.4, 0.5) is 26.3 Å². The Hall–Kier alpha value is -4.48. The highest BCUT2D eigenvalue weighted by Crippen LogP contribution is 2.47. The first-order valence-corrected chi connectivity index (χ1v) is 13.3. The number of carbonyl (C=O) groups excluding carboxylic acids is 1. The summed E-state index contributed by atoms with van der Waals surface area (Å²) < 4.78 is 102. The van der Waals surface area contributed by atoms with Gasteiger partial charge in [0.2, 0.25) is 5.76 Å². The molecular weight excluding hydrogens is 580 g/mol. The highest BCUT2D eigenvalue weighted by molar-refractivity contribution is 5.76. The molecule has 0 N–H and O–H groups in total. The molecule has 4 aromatic rings. The molecular formula is C31H23F6NO5. The van der Waals surface area contributed by atoms with E-state index in [9.17, 15) is 31.1 Å². The summed E-state index contributed by atoms with van der Waals surface area (Å²) in [6.07, 6.45) is -8.94. The van der Waals surface area contributed by atoms with Crippen molar-refractivity contribution >= 4 is 5.97 Å². The Morgan fingerprint density at radius 3 is 2.33 bits per heavy atom. The summed E-state index contributed by atoms with van der Waals surface area (Å²) in [4.78, 5) is 11.7. The van der Waals surface area contributed by atoms with Crippen molar-refractivity contribution in [1.29, 1.82) is 0 Å². The van der Waals surface area contributed by atoms with Gasteiger partial charge in [-0.25, -0.2) is 0 Å². The van der Waals surface area contributed by atoms with Crippen LogP contribution in [0.15, 0.2) is 65.2 Å². The Balaban J connectivity index is 1.29. The molecule has 12 heteroatoms. The van der Waals surface area contributed by atoms with Gasteiger partial charge in [-0.1, -0.05) is 41.6 Å². The number of alkyl halides is 6. The standard InChI is InChI=1S/C31H23F6NO5/c1-40-28(39)12-18-15-41-26-13-19(6-7-20(18)26)42-25-11-9-22-21(25)8-10-23(30(32,33)34)29(22)17-4-2-16(3-5-17)24-14-27(43-38-24)31(35,36)37/h2-8,10,13-14,18,25H,9,11-12,15H2,1H3/t18-,25?/m1/s1. The van der Waals surface area contributed by atoms with Gasteiger partial charge in [0.05, 0.1) is 25.7 Å². The molecule has 1 aliphatic heterocycles. The maximum Gasteiger partial charge on any atom is 0.452 e. The zero-order valence-corrected chi connectivity index (χ0v) is 22.5. The first-order valence-electron chi connectivity index (χ1n) is 13.3. The molecule has 0 fully saturated rings. The first kappa shape index (κ1) is 28.6. The van der Waals surface area contributed by atoms with Crippen LogP contribution in [0.5, 0.6) is 11.5 Å². The fourth-order valence-corrected chi connectivity index (χ4v) is 5.65. The smallest absolute Gasteiger partial charge is 0.452 e. The molecule has 6 rings (SSSR count). The number of hydrogen-bond acceptors (Lipinski definition) is 6. The van der Waals surface area contributed by atoms with Crippen LogP contribution < -0.4 is 9.47 Å². The number of benzene rings is 3. The number of rotatable bonds is 6. The van der Waals surface area contributed by atoms with E-state index in [1.807, 2.05) is 6.07 Å². The number of carbonyl (C=O) groups is 1. The van der Waals surface area contributed by atoms with Gasteiger partial charge in [-0.15, -0.1) is 0 Å². The van der Waals surface area contributed by atoms with E-state index in [1.54, 1.807) is 12.1 Å². The molecule has 43 heavy (non-hydrogen) atoms. The van der Waals surface area contributed by atoms with Crippen molar-refractivity contribution in [3.63, 3.8) is 0 Å². The van der Waals surface area contributed by atoms with Gasteiger partial charge in [0, 0.05) is 29.2 Å². The number of hydrogen-bond donors (Lipinski definition) is 0. The summed E-state index contributed by atoms with van der Waals surface area (Å²) in [6, 6.07) is 14.1. The summed E-state index contributed by atoms with van der Waals surface area (Å²) in [5, 5.41) is 3.44. The fourth-order valence-electron chi connectivity index (χ4n) is 5.65. The Morgan fingerprint density at radius 2 is 1.65 bits per heavy atom. The van der Waals surface area contributed by atoms with Crippen molar-refractivity contribution < 1.29 is 49.9 Å². The molecule has 1 aliphatic carbocycles. The number of nitrogens with zero attached hydrogens (tertiary/aromatic N) is 1. The minimum absolute atomic E-state index is 0.00159. The van der Waals surface area contributed by atoms with E-state index in [-0.39, 0.29) is 40.7 Å². The Kier molecular flexibility index (Phi) is 7.10. The number of halogens is 6. The third-order valence-electron chi connectivity index (χ3n) is 7.70. The van der Waals surface area contributed by atoms with Gasteiger partial charge in [-0.05, 0) is 47.2 Å². The lowest BCUT2D eigenvalue weighted by molar-refractivity contribution is -0.155. The molecule has 6 nitrogen and oxygen atoms in total. The van der Waals surface area contributed by atoms with Crippen molar-refractivity contribution in [2.75, 3.05) is 13.7 Å². The van der Waals surface area contributed by atoms with Crippen LogP contribution >= 0.6 is 0 Å². The van der Waals surface area contributed by atoms with Gasteiger partial charge in [-0.2, -0.15) is 26.3 Å². The van der Waals surface area contributed by atoms with Crippen molar-refractivity contribution in [3.8, 4) is 33.9 Å². The predicted octanol–water partition coefficient (Wildman–Crippen LogP) is 8.15.